The van der Waals surface area contributed by atoms with Crippen LogP contribution in [0.25, 0.3) is 11.0 Å². The lowest BCUT2D eigenvalue weighted by Gasteiger charge is -2.25. The summed E-state index contributed by atoms with van der Waals surface area (Å²) in [5.41, 5.74) is -0.565. The molecule has 45 heavy (non-hydrogen) atoms. The van der Waals surface area contributed by atoms with Crippen molar-refractivity contribution in [3.05, 3.63) is 88.1 Å². The van der Waals surface area contributed by atoms with Gasteiger partial charge in [-0.25, -0.2) is 9.59 Å². The maximum Gasteiger partial charge on any atom is 0.408 e. The van der Waals surface area contributed by atoms with Crippen molar-refractivity contribution < 1.29 is 36.1 Å². The zero-order valence-electron chi connectivity index (χ0n) is 25.1. The van der Waals surface area contributed by atoms with E-state index in [2.05, 4.69) is 28.4 Å². The van der Waals surface area contributed by atoms with Crippen molar-refractivity contribution in [2.75, 3.05) is 6.54 Å². The molecule has 13 heteroatoms. The van der Waals surface area contributed by atoms with Gasteiger partial charge in [-0.2, -0.15) is 8.42 Å². The number of carbonyl (C=O) groups excluding carboxylic acids is 3. The Hall–Kier alpha value is -5.09. The third-order valence-corrected chi connectivity index (χ3v) is 6.97. The SMILES string of the molecule is C#CCCNC(=O)[C@H](Cc1cc(=O)oc2cc(OS(=O)(=O)C=C)ccc12)NC(=O)[C@H](Cc1ccccc1)NC(=O)OC(C)(C)C. The number of ether oxygens (including phenoxy) is 1. The Kier molecular flexibility index (Phi) is 11.5. The minimum Gasteiger partial charge on any atom is -0.444 e. The molecule has 0 spiro atoms. The van der Waals surface area contributed by atoms with Crippen molar-refractivity contribution >= 4 is 39.0 Å². The normalized spacial score (nSPS) is 12.7. The van der Waals surface area contributed by atoms with Crippen LogP contribution in [0.3, 0.4) is 0 Å². The van der Waals surface area contributed by atoms with E-state index in [4.69, 9.17) is 19.8 Å². The number of fused-ring (bicyclic) bond motifs is 1. The summed E-state index contributed by atoms with van der Waals surface area (Å²) in [6.45, 7) is 8.36. The second kappa shape index (κ2) is 15.1. The maximum absolute atomic E-state index is 13.7. The van der Waals surface area contributed by atoms with E-state index in [0.717, 1.165) is 11.6 Å². The summed E-state index contributed by atoms with van der Waals surface area (Å²) in [7, 11) is -4.08. The highest BCUT2D eigenvalue weighted by atomic mass is 32.2. The van der Waals surface area contributed by atoms with Gasteiger partial charge in [0.05, 0.1) is 5.41 Å². The lowest BCUT2D eigenvalue weighted by Crippen LogP contribution is -2.55. The Morgan fingerprint density at radius 2 is 1.71 bits per heavy atom. The summed E-state index contributed by atoms with van der Waals surface area (Å²) in [4.78, 5) is 52.1. The molecule has 0 radical (unpaired) electrons. The highest BCUT2D eigenvalue weighted by Crippen LogP contribution is 2.25. The number of alkyl carbamates (subject to hydrolysis) is 1. The van der Waals surface area contributed by atoms with Gasteiger partial charge in [-0.15, -0.1) is 12.3 Å². The third-order valence-electron chi connectivity index (χ3n) is 6.13. The van der Waals surface area contributed by atoms with E-state index in [1.54, 1.807) is 45.0 Å². The Bertz CT molecular complexity index is 1750. The van der Waals surface area contributed by atoms with Crippen LogP contribution in [0.15, 0.2) is 75.8 Å². The Morgan fingerprint density at radius 3 is 2.36 bits per heavy atom. The second-order valence-corrected chi connectivity index (χ2v) is 12.4. The number of nitrogens with one attached hydrogen (secondary N) is 3. The molecular formula is C32H35N3O9S. The van der Waals surface area contributed by atoms with Gasteiger partial charge in [-0.1, -0.05) is 36.9 Å². The molecule has 0 aliphatic heterocycles. The van der Waals surface area contributed by atoms with Gasteiger partial charge in [0.2, 0.25) is 11.8 Å². The first-order valence-electron chi connectivity index (χ1n) is 13.9. The molecule has 3 rings (SSSR count). The number of rotatable bonds is 13. The molecule has 0 unspecified atom stereocenters. The molecule has 0 saturated carbocycles. The second-order valence-electron chi connectivity index (χ2n) is 10.9. The van der Waals surface area contributed by atoms with Crippen LogP contribution in [0.2, 0.25) is 0 Å². The van der Waals surface area contributed by atoms with E-state index in [1.165, 1.54) is 18.2 Å². The van der Waals surface area contributed by atoms with E-state index >= 15 is 0 Å². The fraction of sp³-hybridized carbons (Fsp3) is 0.312. The van der Waals surface area contributed by atoms with Crippen LogP contribution in [-0.2, 0) is 37.3 Å². The van der Waals surface area contributed by atoms with Crippen molar-refractivity contribution in [2.45, 2.75) is 57.7 Å². The van der Waals surface area contributed by atoms with Crippen LogP contribution < -0.4 is 25.8 Å². The van der Waals surface area contributed by atoms with Crippen molar-refractivity contribution in [1.29, 1.82) is 0 Å². The first-order valence-corrected chi connectivity index (χ1v) is 15.4. The number of hydrogen-bond donors (Lipinski definition) is 3. The van der Waals surface area contributed by atoms with Crippen LogP contribution >= 0.6 is 0 Å². The highest BCUT2D eigenvalue weighted by molar-refractivity contribution is 7.90. The van der Waals surface area contributed by atoms with Gasteiger partial charge in [-0.05, 0) is 44.0 Å². The first kappa shape index (κ1) is 34.4. The molecule has 0 fully saturated rings. The molecule has 0 aliphatic carbocycles. The third kappa shape index (κ3) is 10.8. The Morgan fingerprint density at radius 1 is 1.02 bits per heavy atom. The number of amides is 3. The number of terminal acetylenes is 1. The molecule has 3 amide bonds. The van der Waals surface area contributed by atoms with Gasteiger partial charge in [0.25, 0.3) is 0 Å². The van der Waals surface area contributed by atoms with Crippen LogP contribution in [0.1, 0.15) is 38.3 Å². The molecule has 0 bridgehead atoms. The lowest BCUT2D eigenvalue weighted by molar-refractivity contribution is -0.130. The van der Waals surface area contributed by atoms with E-state index in [9.17, 15) is 27.6 Å². The Balaban J connectivity index is 1.96. The van der Waals surface area contributed by atoms with Crippen LogP contribution in [0.4, 0.5) is 4.79 Å². The van der Waals surface area contributed by atoms with Gasteiger partial charge < -0.3 is 29.3 Å². The van der Waals surface area contributed by atoms with Crippen LogP contribution in [0.5, 0.6) is 5.75 Å². The zero-order valence-corrected chi connectivity index (χ0v) is 25.9. The molecule has 3 aromatic rings. The van der Waals surface area contributed by atoms with Gasteiger partial charge in [-0.3, -0.25) is 9.59 Å². The van der Waals surface area contributed by atoms with Gasteiger partial charge in [0.15, 0.2) is 0 Å². The smallest absolute Gasteiger partial charge is 0.408 e. The number of hydrogen-bond acceptors (Lipinski definition) is 9. The molecule has 2 atom stereocenters. The molecule has 1 heterocycles. The average Bonchev–Trinajstić information content (AvgIpc) is 2.95. The monoisotopic (exact) mass is 637 g/mol. The minimum absolute atomic E-state index is 0.0133. The van der Waals surface area contributed by atoms with Gasteiger partial charge in [0.1, 0.15) is 29.0 Å². The molecule has 0 aliphatic rings. The van der Waals surface area contributed by atoms with E-state index in [1.807, 2.05) is 6.07 Å². The summed E-state index contributed by atoms with van der Waals surface area (Å²) in [6, 6.07) is 11.8. The van der Waals surface area contributed by atoms with Gasteiger partial charge >= 0.3 is 21.8 Å². The fourth-order valence-electron chi connectivity index (χ4n) is 4.19. The molecule has 12 nitrogen and oxygen atoms in total. The molecule has 2 aromatic carbocycles. The molecule has 0 saturated heterocycles. The summed E-state index contributed by atoms with van der Waals surface area (Å²) in [6.07, 6.45) is 4.64. The van der Waals surface area contributed by atoms with E-state index in [-0.39, 0.29) is 37.1 Å². The molecule has 1 aromatic heterocycles. The maximum atomic E-state index is 13.7. The number of carbonyl (C=O) groups is 3. The van der Waals surface area contributed by atoms with E-state index in [0.29, 0.717) is 16.4 Å². The molecule has 3 N–H and O–H groups in total. The van der Waals surface area contributed by atoms with Crippen molar-refractivity contribution in [1.82, 2.24) is 16.0 Å². The fourth-order valence-corrected chi connectivity index (χ4v) is 4.63. The number of benzene rings is 2. The molecule has 238 valence electrons. The summed E-state index contributed by atoms with van der Waals surface area (Å²) < 4.78 is 39.1. The van der Waals surface area contributed by atoms with Crippen LogP contribution in [0, 0.1) is 12.3 Å². The van der Waals surface area contributed by atoms with Gasteiger partial charge in [0, 0.05) is 43.3 Å². The van der Waals surface area contributed by atoms with E-state index < -0.39 is 51.3 Å². The minimum atomic E-state index is -4.08. The zero-order chi connectivity index (χ0) is 33.2. The topological polar surface area (TPSA) is 170 Å². The first-order chi connectivity index (χ1) is 21.2. The summed E-state index contributed by atoms with van der Waals surface area (Å²) >= 11 is 0. The molecular weight excluding hydrogens is 602 g/mol. The van der Waals surface area contributed by atoms with Crippen molar-refractivity contribution in [3.63, 3.8) is 0 Å². The Labute approximate surface area is 261 Å². The standard InChI is InChI=1S/C32H35N3O9S/c1-6-8-16-33-29(37)26(18-22-19-28(36)42-27-20-23(14-15-24(22)27)44-45(40,41)7-2)34-30(38)25(17-21-12-10-9-11-13-21)35-31(39)43-32(3,4)5/h1,7,9-15,19-20,25-26H,2,8,16-18H2,3-5H3,(H,33,37)(H,34,38)(H,35,39)/t25-,26-/m0/s1. The van der Waals surface area contributed by atoms with Crippen LogP contribution in [-0.4, -0.2) is 50.6 Å². The summed E-state index contributed by atoms with van der Waals surface area (Å²) in [5, 5.41) is 8.93. The highest BCUT2D eigenvalue weighted by Gasteiger charge is 2.29. The quantitative estimate of drug-likeness (QED) is 0.110. The van der Waals surface area contributed by atoms with Crippen molar-refractivity contribution in [3.8, 4) is 18.1 Å². The predicted octanol–water partition coefficient (Wildman–Crippen LogP) is 2.95. The summed E-state index contributed by atoms with van der Waals surface area (Å²) in [5.74, 6) is 1.02. The predicted molar refractivity (Wildman–Crippen MR) is 168 cm³/mol. The average molecular weight is 638 g/mol. The lowest BCUT2D eigenvalue weighted by atomic mass is 10.00. The van der Waals surface area contributed by atoms with Crippen molar-refractivity contribution in [2.24, 2.45) is 0 Å². The largest absolute Gasteiger partial charge is 0.444 e.